The average Bonchev–Trinajstić information content (AvgIpc) is 3.90. The van der Waals surface area contributed by atoms with E-state index in [-0.39, 0.29) is 35.8 Å². The van der Waals surface area contributed by atoms with E-state index in [0.29, 0.717) is 5.57 Å². The standard InChI is InChI=1S/C40H41N2O6P/c1-7-24-47-40(46)37(49(29-18-12-9-13-19-29,30-20-14-10-15-21-30)31-22-16-11-17-23-31)42-35(26-36(42)43)28(4)39(45)48-38(44)27(3)32-25-33(32)34(8-2)41(5)6/h7-23,25,28,33,35H,1,3,24,26H2,2,4-6H3/b34-8+/t28-,33-,35?/m1/s1. The van der Waals surface area contributed by atoms with Crippen LogP contribution in [-0.2, 0) is 28.7 Å². The van der Waals surface area contributed by atoms with Crippen LogP contribution in [0, 0.1) is 11.8 Å². The summed E-state index contributed by atoms with van der Waals surface area (Å²) in [4.78, 5) is 58.3. The fraction of sp³-hybridized carbons (Fsp3) is 0.225. The average molecular weight is 677 g/mol. The van der Waals surface area contributed by atoms with Crippen molar-refractivity contribution in [3.05, 3.63) is 139 Å². The molecule has 3 aromatic carbocycles. The zero-order valence-corrected chi connectivity index (χ0v) is 29.1. The van der Waals surface area contributed by atoms with Gasteiger partial charge in [-0.3, -0.25) is 9.59 Å². The van der Waals surface area contributed by atoms with Crippen LogP contribution in [0.4, 0.5) is 0 Å². The van der Waals surface area contributed by atoms with Crippen molar-refractivity contribution < 1.29 is 28.7 Å². The molecule has 0 radical (unpaired) electrons. The van der Waals surface area contributed by atoms with Crippen molar-refractivity contribution in [3.63, 3.8) is 0 Å². The molecule has 1 unspecified atom stereocenters. The lowest BCUT2D eigenvalue weighted by Crippen LogP contribution is -2.62. The lowest BCUT2D eigenvalue weighted by Gasteiger charge is -2.46. The maximum absolute atomic E-state index is 14.4. The van der Waals surface area contributed by atoms with E-state index < -0.39 is 36.8 Å². The third kappa shape index (κ3) is 6.74. The third-order valence-corrected chi connectivity index (χ3v) is 13.2. The molecule has 2 aliphatic rings. The maximum atomic E-state index is 14.4. The first-order chi connectivity index (χ1) is 23.6. The Morgan fingerprint density at radius 3 is 1.86 bits per heavy atom. The Balaban J connectivity index is 1.60. The fourth-order valence-corrected chi connectivity index (χ4v) is 10.8. The summed E-state index contributed by atoms with van der Waals surface area (Å²) < 4.78 is 11.1. The zero-order valence-electron chi connectivity index (χ0n) is 28.2. The van der Waals surface area contributed by atoms with Gasteiger partial charge >= 0.3 is 17.9 Å². The van der Waals surface area contributed by atoms with Gasteiger partial charge in [-0.2, -0.15) is 0 Å². The van der Waals surface area contributed by atoms with E-state index >= 15 is 0 Å². The number of amides is 1. The van der Waals surface area contributed by atoms with Gasteiger partial charge in [0.25, 0.3) is 0 Å². The SMILES string of the molecule is C=CCOC(=O)C(N1C(=O)CC1[C@@H](C)C(=O)OC(=O)C(=C)C1=C[C@H]1/C(=C\C)N(C)C)=P(c1ccccc1)(c1ccccc1)c1ccccc1. The Kier molecular flexibility index (Phi) is 10.7. The highest BCUT2D eigenvalue weighted by Gasteiger charge is 2.51. The molecule has 1 saturated heterocycles. The number of esters is 3. The van der Waals surface area contributed by atoms with E-state index in [1.165, 1.54) is 11.0 Å². The third-order valence-electron chi connectivity index (χ3n) is 8.92. The lowest BCUT2D eigenvalue weighted by molar-refractivity contribution is -0.163. The van der Waals surface area contributed by atoms with Crippen molar-refractivity contribution >= 4 is 52.0 Å². The molecule has 0 aromatic heterocycles. The van der Waals surface area contributed by atoms with Crippen LogP contribution in [0.1, 0.15) is 20.3 Å². The minimum atomic E-state index is -3.14. The van der Waals surface area contributed by atoms with E-state index in [1.54, 1.807) is 6.92 Å². The summed E-state index contributed by atoms with van der Waals surface area (Å²) in [5.41, 5.74) is 1.95. The van der Waals surface area contributed by atoms with Gasteiger partial charge in [0.15, 0.2) is 0 Å². The molecular formula is C40H41N2O6P. The quantitative estimate of drug-likeness (QED) is 0.0646. The van der Waals surface area contributed by atoms with Crippen LogP contribution in [0.3, 0.4) is 0 Å². The van der Waals surface area contributed by atoms with Gasteiger partial charge < -0.3 is 19.3 Å². The van der Waals surface area contributed by atoms with Gasteiger partial charge in [0.05, 0.1) is 17.5 Å². The molecule has 0 spiro atoms. The number of hydrogen-bond acceptors (Lipinski definition) is 7. The number of β-lactam (4-membered cyclic amide) rings is 1. The Morgan fingerprint density at radius 2 is 1.43 bits per heavy atom. The highest BCUT2D eigenvalue weighted by Crippen LogP contribution is 2.49. The predicted octanol–water partition coefficient (Wildman–Crippen LogP) is 4.72. The molecule has 0 N–H and O–H groups in total. The van der Waals surface area contributed by atoms with E-state index in [2.05, 4.69) is 13.2 Å². The Bertz CT molecular complexity index is 1790. The highest BCUT2D eigenvalue weighted by atomic mass is 31.2. The van der Waals surface area contributed by atoms with Gasteiger partial charge in [-0.25, -0.2) is 9.59 Å². The van der Waals surface area contributed by atoms with Crippen molar-refractivity contribution in [2.75, 3.05) is 20.7 Å². The van der Waals surface area contributed by atoms with Crippen molar-refractivity contribution in [1.29, 1.82) is 0 Å². The first-order valence-electron chi connectivity index (χ1n) is 16.1. The van der Waals surface area contributed by atoms with Crippen molar-refractivity contribution in [2.45, 2.75) is 26.3 Å². The smallest absolute Gasteiger partial charge is 0.356 e. The van der Waals surface area contributed by atoms with Crippen LogP contribution >= 0.6 is 6.89 Å². The predicted molar refractivity (Wildman–Crippen MR) is 195 cm³/mol. The summed E-state index contributed by atoms with van der Waals surface area (Å²) >= 11 is 0. The van der Waals surface area contributed by atoms with Crippen LogP contribution in [0.5, 0.6) is 0 Å². The summed E-state index contributed by atoms with van der Waals surface area (Å²) in [6, 6.07) is 28.0. The summed E-state index contributed by atoms with van der Waals surface area (Å²) in [7, 11) is 3.83. The minimum Gasteiger partial charge on any atom is -0.457 e. The molecule has 9 heteroatoms. The summed E-state index contributed by atoms with van der Waals surface area (Å²) in [5.74, 6) is -3.72. The second-order valence-corrected chi connectivity index (χ2v) is 15.4. The van der Waals surface area contributed by atoms with E-state index in [1.807, 2.05) is 129 Å². The van der Waals surface area contributed by atoms with Gasteiger partial charge in [0.2, 0.25) is 5.91 Å². The number of nitrogens with zero attached hydrogens (tertiary/aromatic N) is 2. The molecule has 3 atom stereocenters. The fourth-order valence-electron chi connectivity index (χ4n) is 6.38. The molecule has 252 valence electrons. The molecule has 1 fully saturated rings. The number of carbonyl (C=O) groups is 4. The van der Waals surface area contributed by atoms with Gasteiger partial charge in [0.1, 0.15) is 12.0 Å². The topological polar surface area (TPSA) is 93.2 Å². The van der Waals surface area contributed by atoms with E-state index in [0.717, 1.165) is 21.6 Å². The molecule has 3 aromatic rings. The molecule has 0 bridgehead atoms. The second-order valence-electron chi connectivity index (χ2n) is 12.1. The van der Waals surface area contributed by atoms with Crippen molar-refractivity contribution in [2.24, 2.45) is 11.8 Å². The second kappa shape index (κ2) is 14.9. The zero-order chi connectivity index (χ0) is 35.3. The molecule has 0 saturated carbocycles. The Morgan fingerprint density at radius 1 is 0.918 bits per heavy atom. The van der Waals surface area contributed by atoms with Crippen LogP contribution in [0.2, 0.25) is 0 Å². The maximum Gasteiger partial charge on any atom is 0.356 e. The normalized spacial score (nSPS) is 17.6. The summed E-state index contributed by atoms with van der Waals surface area (Å²) in [6.07, 6.45) is 5.30. The number of likely N-dealkylation sites (tertiary alicyclic amines) is 1. The summed E-state index contributed by atoms with van der Waals surface area (Å²) in [6.45, 7) is 7.91. The molecular weight excluding hydrogens is 635 g/mol. The number of hydrogen-bond donors (Lipinski definition) is 0. The number of allylic oxidation sites excluding steroid dienone is 2. The van der Waals surface area contributed by atoms with Crippen LogP contribution in [0.25, 0.3) is 0 Å². The molecule has 5 rings (SSSR count). The number of carbonyl (C=O) groups excluding carboxylic acids is 4. The Labute approximate surface area is 288 Å². The van der Waals surface area contributed by atoms with Crippen molar-refractivity contribution in [1.82, 2.24) is 9.80 Å². The van der Waals surface area contributed by atoms with Crippen molar-refractivity contribution in [3.8, 4) is 0 Å². The first kappa shape index (κ1) is 35.1. The Hall–Kier alpha value is -5.20. The monoisotopic (exact) mass is 676 g/mol. The van der Waals surface area contributed by atoms with Crippen LogP contribution in [-0.4, -0.2) is 65.8 Å². The number of ether oxygens (including phenoxy) is 2. The molecule has 1 aliphatic heterocycles. The number of rotatable bonds is 13. The van der Waals surface area contributed by atoms with Crippen LogP contribution < -0.4 is 15.9 Å². The highest BCUT2D eigenvalue weighted by molar-refractivity contribution is 7.96. The molecule has 1 amide bonds. The van der Waals surface area contributed by atoms with Gasteiger partial charge in [-0.1, -0.05) is 122 Å². The molecule has 1 heterocycles. The van der Waals surface area contributed by atoms with E-state index in [4.69, 9.17) is 9.47 Å². The van der Waals surface area contributed by atoms with Gasteiger partial charge in [-0.05, 0) is 35.3 Å². The molecule has 49 heavy (non-hydrogen) atoms. The lowest BCUT2D eigenvalue weighted by atomic mass is 9.89. The number of benzene rings is 3. The summed E-state index contributed by atoms with van der Waals surface area (Å²) in [5, 5.41) is 2.47. The minimum absolute atomic E-state index is 0.0251. The van der Waals surface area contributed by atoms with Gasteiger partial charge in [0, 0.05) is 39.0 Å². The van der Waals surface area contributed by atoms with Crippen LogP contribution in [0.15, 0.2) is 139 Å². The van der Waals surface area contributed by atoms with Gasteiger partial charge in [-0.15, -0.1) is 0 Å². The largest absolute Gasteiger partial charge is 0.457 e. The van der Waals surface area contributed by atoms with E-state index in [9.17, 15) is 19.2 Å². The molecule has 8 nitrogen and oxygen atoms in total. The first-order valence-corrected chi connectivity index (χ1v) is 17.9. The molecule has 1 aliphatic carbocycles.